The summed E-state index contributed by atoms with van der Waals surface area (Å²) in [5.41, 5.74) is 0. The van der Waals surface area contributed by atoms with E-state index in [4.69, 9.17) is 4.74 Å². The van der Waals surface area contributed by atoms with Crippen molar-refractivity contribution in [2.75, 3.05) is 13.2 Å². The van der Waals surface area contributed by atoms with E-state index in [1.165, 1.54) is 0 Å². The summed E-state index contributed by atoms with van der Waals surface area (Å²) in [5.74, 6) is 0.767. The van der Waals surface area contributed by atoms with E-state index in [1.807, 2.05) is 18.4 Å². The lowest BCUT2D eigenvalue weighted by atomic mass is 10.3. The van der Waals surface area contributed by atoms with Crippen molar-refractivity contribution in [1.82, 2.24) is 20.1 Å². The van der Waals surface area contributed by atoms with Crippen LogP contribution in [0.5, 0.6) is 0 Å². The number of hydrogen-bond acceptors (Lipinski definition) is 4. The first-order valence-corrected chi connectivity index (χ1v) is 6.43. The van der Waals surface area contributed by atoms with Crippen LogP contribution in [0.4, 0.5) is 0 Å². The van der Waals surface area contributed by atoms with Crippen LogP contribution < -0.4 is 5.32 Å². The molecule has 0 aliphatic carbocycles. The average molecular weight is 254 g/mol. The van der Waals surface area contributed by atoms with Gasteiger partial charge in [-0.1, -0.05) is 6.92 Å². The fraction of sp³-hybridized carbons (Fsp3) is 0.750. The third kappa shape index (κ3) is 4.44. The Bertz CT molecular complexity index is 365. The van der Waals surface area contributed by atoms with E-state index in [0.29, 0.717) is 19.6 Å². The Morgan fingerprint density at radius 3 is 3.00 bits per heavy atom. The number of amides is 1. The molecule has 1 aromatic rings. The van der Waals surface area contributed by atoms with Crippen LogP contribution in [0.2, 0.25) is 0 Å². The van der Waals surface area contributed by atoms with Crippen LogP contribution in [0.25, 0.3) is 0 Å². The van der Waals surface area contributed by atoms with Gasteiger partial charge in [0.15, 0.2) is 5.82 Å². The lowest BCUT2D eigenvalue weighted by Gasteiger charge is -2.14. The lowest BCUT2D eigenvalue weighted by molar-refractivity contribution is -0.122. The molecule has 0 saturated heterocycles. The van der Waals surface area contributed by atoms with E-state index in [-0.39, 0.29) is 11.9 Å². The molecular formula is C12H22N4O2. The third-order valence-corrected chi connectivity index (χ3v) is 2.55. The average Bonchev–Trinajstić information content (AvgIpc) is 2.78. The molecule has 1 atom stereocenters. The molecule has 0 spiro atoms. The molecule has 1 aromatic heterocycles. The minimum atomic E-state index is -0.131. The third-order valence-electron chi connectivity index (χ3n) is 2.55. The van der Waals surface area contributed by atoms with Gasteiger partial charge in [-0.25, -0.2) is 0 Å². The Labute approximate surface area is 108 Å². The normalized spacial score (nSPS) is 12.4. The summed E-state index contributed by atoms with van der Waals surface area (Å²) in [6.45, 7) is 7.86. The van der Waals surface area contributed by atoms with E-state index in [2.05, 4.69) is 22.4 Å². The number of carbonyl (C=O) groups is 1. The molecule has 0 aromatic carbocycles. The van der Waals surface area contributed by atoms with Gasteiger partial charge in [0.05, 0.1) is 12.6 Å². The SMILES string of the molecule is CCCn1cnnc1C(C)NC(=O)CCOCC. The van der Waals surface area contributed by atoms with Gasteiger partial charge in [-0.2, -0.15) is 0 Å². The van der Waals surface area contributed by atoms with Gasteiger partial charge in [-0.3, -0.25) is 4.79 Å². The van der Waals surface area contributed by atoms with Crippen molar-refractivity contribution in [2.45, 2.75) is 46.2 Å². The van der Waals surface area contributed by atoms with Gasteiger partial charge in [0.2, 0.25) is 5.91 Å². The molecule has 0 bridgehead atoms. The zero-order valence-corrected chi connectivity index (χ0v) is 11.3. The number of aromatic nitrogens is 3. The Kier molecular flexibility index (Phi) is 6.35. The summed E-state index contributed by atoms with van der Waals surface area (Å²) in [4.78, 5) is 11.6. The topological polar surface area (TPSA) is 69.0 Å². The number of aryl methyl sites for hydroxylation is 1. The van der Waals surface area contributed by atoms with Crippen LogP contribution in [-0.2, 0) is 16.1 Å². The number of rotatable bonds is 8. The van der Waals surface area contributed by atoms with E-state index < -0.39 is 0 Å². The molecule has 1 amide bonds. The predicted molar refractivity (Wildman–Crippen MR) is 68.0 cm³/mol. The van der Waals surface area contributed by atoms with E-state index in [1.54, 1.807) is 6.33 Å². The van der Waals surface area contributed by atoms with Crippen LogP contribution in [-0.4, -0.2) is 33.9 Å². The Balaban J connectivity index is 2.46. The van der Waals surface area contributed by atoms with Crippen molar-refractivity contribution in [3.8, 4) is 0 Å². The molecule has 1 rings (SSSR count). The van der Waals surface area contributed by atoms with Gasteiger partial charge >= 0.3 is 0 Å². The Hall–Kier alpha value is -1.43. The van der Waals surface area contributed by atoms with Gasteiger partial charge in [-0.15, -0.1) is 10.2 Å². The molecule has 0 fully saturated rings. The minimum absolute atomic E-state index is 0.0259. The highest BCUT2D eigenvalue weighted by molar-refractivity contribution is 5.76. The zero-order valence-electron chi connectivity index (χ0n) is 11.3. The van der Waals surface area contributed by atoms with Crippen LogP contribution in [0, 0.1) is 0 Å². The van der Waals surface area contributed by atoms with Crippen LogP contribution in [0.15, 0.2) is 6.33 Å². The largest absolute Gasteiger partial charge is 0.381 e. The van der Waals surface area contributed by atoms with Crippen molar-refractivity contribution in [3.63, 3.8) is 0 Å². The lowest BCUT2D eigenvalue weighted by Crippen LogP contribution is -2.29. The highest BCUT2D eigenvalue weighted by atomic mass is 16.5. The van der Waals surface area contributed by atoms with Crippen molar-refractivity contribution in [3.05, 3.63) is 12.2 Å². The molecule has 6 heteroatoms. The maximum Gasteiger partial charge on any atom is 0.222 e. The minimum Gasteiger partial charge on any atom is -0.381 e. The fourth-order valence-corrected chi connectivity index (χ4v) is 1.70. The molecule has 1 heterocycles. The van der Waals surface area contributed by atoms with Gasteiger partial charge in [0.25, 0.3) is 0 Å². The predicted octanol–water partition coefficient (Wildman–Crippen LogP) is 1.29. The second-order valence-corrected chi connectivity index (χ2v) is 4.12. The van der Waals surface area contributed by atoms with Gasteiger partial charge in [-0.05, 0) is 20.3 Å². The second kappa shape index (κ2) is 7.81. The summed E-state index contributed by atoms with van der Waals surface area (Å²) in [6.07, 6.45) is 3.08. The molecule has 0 aliphatic rings. The van der Waals surface area contributed by atoms with Crippen molar-refractivity contribution >= 4 is 5.91 Å². The van der Waals surface area contributed by atoms with Gasteiger partial charge in [0, 0.05) is 19.6 Å². The summed E-state index contributed by atoms with van der Waals surface area (Å²) in [6, 6.07) is -0.131. The van der Waals surface area contributed by atoms with Crippen molar-refractivity contribution < 1.29 is 9.53 Å². The first kappa shape index (κ1) is 14.6. The molecule has 6 nitrogen and oxygen atoms in total. The molecule has 0 radical (unpaired) electrons. The van der Waals surface area contributed by atoms with Gasteiger partial charge in [0.1, 0.15) is 6.33 Å². The Morgan fingerprint density at radius 1 is 1.56 bits per heavy atom. The first-order chi connectivity index (χ1) is 8.69. The summed E-state index contributed by atoms with van der Waals surface area (Å²) in [7, 11) is 0. The number of carbonyl (C=O) groups excluding carboxylic acids is 1. The maximum absolute atomic E-state index is 11.6. The van der Waals surface area contributed by atoms with Crippen LogP contribution >= 0.6 is 0 Å². The zero-order chi connectivity index (χ0) is 13.4. The number of nitrogens with zero attached hydrogens (tertiary/aromatic N) is 3. The summed E-state index contributed by atoms with van der Waals surface area (Å²) >= 11 is 0. The smallest absolute Gasteiger partial charge is 0.222 e. The highest BCUT2D eigenvalue weighted by Crippen LogP contribution is 2.09. The molecule has 18 heavy (non-hydrogen) atoms. The van der Waals surface area contributed by atoms with Crippen LogP contribution in [0.1, 0.15) is 45.5 Å². The van der Waals surface area contributed by atoms with Crippen molar-refractivity contribution in [1.29, 1.82) is 0 Å². The van der Waals surface area contributed by atoms with Gasteiger partial charge < -0.3 is 14.6 Å². The summed E-state index contributed by atoms with van der Waals surface area (Å²) < 4.78 is 7.11. The number of nitrogens with one attached hydrogen (secondary N) is 1. The van der Waals surface area contributed by atoms with E-state index in [9.17, 15) is 4.79 Å². The monoisotopic (exact) mass is 254 g/mol. The first-order valence-electron chi connectivity index (χ1n) is 6.43. The second-order valence-electron chi connectivity index (χ2n) is 4.12. The molecule has 102 valence electrons. The summed E-state index contributed by atoms with van der Waals surface area (Å²) in [5, 5.41) is 10.8. The molecule has 1 unspecified atom stereocenters. The molecule has 1 N–H and O–H groups in total. The molecular weight excluding hydrogens is 232 g/mol. The quantitative estimate of drug-likeness (QED) is 0.710. The van der Waals surface area contributed by atoms with Crippen LogP contribution in [0.3, 0.4) is 0 Å². The highest BCUT2D eigenvalue weighted by Gasteiger charge is 2.14. The van der Waals surface area contributed by atoms with E-state index in [0.717, 1.165) is 18.8 Å². The Morgan fingerprint density at radius 2 is 2.33 bits per heavy atom. The molecule has 0 saturated carbocycles. The standard InChI is InChI=1S/C12H22N4O2/c1-4-7-16-9-13-15-12(16)10(3)14-11(17)6-8-18-5-2/h9-10H,4-8H2,1-3H3,(H,14,17). The number of hydrogen-bond donors (Lipinski definition) is 1. The van der Waals surface area contributed by atoms with Crippen molar-refractivity contribution in [2.24, 2.45) is 0 Å². The molecule has 0 aliphatic heterocycles. The number of ether oxygens (including phenoxy) is 1. The van der Waals surface area contributed by atoms with E-state index >= 15 is 0 Å². The fourth-order valence-electron chi connectivity index (χ4n) is 1.70. The maximum atomic E-state index is 11.6.